The number of allylic oxidation sites excluding steroid dienone is 2. The van der Waals surface area contributed by atoms with Gasteiger partial charge in [-0.25, -0.2) is 4.57 Å². The molecule has 0 aromatic heterocycles. The van der Waals surface area contributed by atoms with Crippen molar-refractivity contribution in [2.24, 2.45) is 0 Å². The molecule has 0 heterocycles. The first kappa shape index (κ1) is 32.7. The maximum absolute atomic E-state index is 12.1. The molecule has 3 atom stereocenters. The molecule has 0 aliphatic carbocycles. The van der Waals surface area contributed by atoms with Crippen LogP contribution >= 0.6 is 7.82 Å². The Labute approximate surface area is 203 Å². The summed E-state index contributed by atoms with van der Waals surface area (Å²) in [6.45, 7) is 1.22. The molecule has 200 valence electrons. The van der Waals surface area contributed by atoms with Gasteiger partial charge in [-0.1, -0.05) is 51.2 Å². The van der Waals surface area contributed by atoms with Gasteiger partial charge in [-0.3, -0.25) is 18.6 Å². The normalized spacial score (nSPS) is 15.1. The van der Waals surface area contributed by atoms with Crippen molar-refractivity contribution < 1.29 is 47.8 Å². The molecule has 3 unspecified atom stereocenters. The molecule has 0 radical (unpaired) electrons. The lowest BCUT2D eigenvalue weighted by molar-refractivity contribution is -0.160. The predicted molar refractivity (Wildman–Crippen MR) is 127 cm³/mol. The van der Waals surface area contributed by atoms with Gasteiger partial charge in [-0.2, -0.15) is 0 Å². The molecule has 11 heteroatoms. The summed E-state index contributed by atoms with van der Waals surface area (Å²) >= 11 is 0. The van der Waals surface area contributed by atoms with E-state index in [4.69, 9.17) is 19.1 Å². The smallest absolute Gasteiger partial charge is 0.462 e. The topological polar surface area (TPSA) is 149 Å². The molecule has 10 nitrogen and oxygen atoms in total. The van der Waals surface area contributed by atoms with Gasteiger partial charge in [-0.05, 0) is 32.1 Å². The van der Waals surface area contributed by atoms with Crippen molar-refractivity contribution in [2.45, 2.75) is 96.7 Å². The van der Waals surface area contributed by atoms with Crippen LogP contribution in [-0.2, 0) is 32.7 Å². The van der Waals surface area contributed by atoms with E-state index >= 15 is 0 Å². The maximum atomic E-state index is 12.1. The molecule has 0 aromatic carbocycles. The summed E-state index contributed by atoms with van der Waals surface area (Å²) in [4.78, 5) is 32.8. The Hall–Kier alpha value is -1.29. The van der Waals surface area contributed by atoms with Crippen molar-refractivity contribution in [1.82, 2.24) is 0 Å². The van der Waals surface area contributed by atoms with E-state index in [1.165, 1.54) is 26.2 Å². The highest BCUT2D eigenvalue weighted by Gasteiger charge is 2.26. The van der Waals surface area contributed by atoms with Crippen LogP contribution in [0.4, 0.5) is 0 Å². The largest absolute Gasteiger partial charge is 0.472 e. The molecule has 0 aliphatic heterocycles. The number of rotatable bonds is 22. The van der Waals surface area contributed by atoms with Gasteiger partial charge in [0.2, 0.25) is 0 Å². The molecule has 34 heavy (non-hydrogen) atoms. The van der Waals surface area contributed by atoms with Crippen LogP contribution in [-0.4, -0.2) is 65.7 Å². The Morgan fingerprint density at radius 3 is 2.12 bits per heavy atom. The average molecular weight is 511 g/mol. The molecule has 0 rings (SSSR count). The third-order valence-corrected chi connectivity index (χ3v) is 5.68. The van der Waals surface area contributed by atoms with Crippen molar-refractivity contribution in [2.75, 3.05) is 26.4 Å². The number of ether oxygens (including phenoxy) is 2. The fourth-order valence-corrected chi connectivity index (χ4v) is 3.62. The SMILES string of the molecule is CCCCC/C=C\CCCCCCCC(=O)OC(COC(C)=O)COP(=O)(O)OCC(O)CO. The molecule has 0 bridgehead atoms. The third kappa shape index (κ3) is 21.3. The quantitative estimate of drug-likeness (QED) is 0.0849. The summed E-state index contributed by atoms with van der Waals surface area (Å²) in [5.74, 6) is -1.13. The van der Waals surface area contributed by atoms with Crippen LogP contribution in [0.15, 0.2) is 12.2 Å². The zero-order valence-corrected chi connectivity index (χ0v) is 21.5. The van der Waals surface area contributed by atoms with E-state index in [9.17, 15) is 24.2 Å². The van der Waals surface area contributed by atoms with Crippen molar-refractivity contribution in [3.05, 3.63) is 12.2 Å². The molecule has 0 aliphatic rings. The summed E-state index contributed by atoms with van der Waals surface area (Å²) in [5, 5.41) is 17.9. The van der Waals surface area contributed by atoms with Crippen molar-refractivity contribution >= 4 is 19.8 Å². The first-order valence-corrected chi connectivity index (χ1v) is 13.6. The molecule has 0 aromatic rings. The monoisotopic (exact) mass is 510 g/mol. The van der Waals surface area contributed by atoms with Crippen LogP contribution in [0.25, 0.3) is 0 Å². The molecular weight excluding hydrogens is 467 g/mol. The van der Waals surface area contributed by atoms with Gasteiger partial charge in [0.1, 0.15) is 12.7 Å². The van der Waals surface area contributed by atoms with Gasteiger partial charge in [-0.15, -0.1) is 0 Å². The average Bonchev–Trinajstić information content (AvgIpc) is 2.79. The third-order valence-electron chi connectivity index (χ3n) is 4.73. The summed E-state index contributed by atoms with van der Waals surface area (Å²) in [5.41, 5.74) is 0. The number of carbonyl (C=O) groups is 2. The molecule has 3 N–H and O–H groups in total. The highest BCUT2D eigenvalue weighted by atomic mass is 31.2. The zero-order chi connectivity index (χ0) is 25.7. The minimum Gasteiger partial charge on any atom is -0.462 e. The predicted octanol–water partition coefficient (Wildman–Crippen LogP) is 3.82. The highest BCUT2D eigenvalue weighted by Crippen LogP contribution is 2.43. The Morgan fingerprint density at radius 2 is 1.50 bits per heavy atom. The second-order valence-corrected chi connectivity index (χ2v) is 9.54. The number of aliphatic hydroxyl groups is 2. The standard InChI is InChI=1S/C23H43O10P/c1-3-4-5-6-7-8-9-10-11-12-13-14-15-23(27)33-22(18-30-20(2)25)19-32-34(28,29)31-17-21(26)16-24/h7-8,21-22,24,26H,3-6,9-19H2,1-2H3,(H,28,29)/b8-7-. The Bertz CT molecular complexity index is 611. The summed E-state index contributed by atoms with van der Waals surface area (Å²) in [7, 11) is -4.56. The van der Waals surface area contributed by atoms with Crippen molar-refractivity contribution in [3.63, 3.8) is 0 Å². The number of phosphoric acid groups is 1. The van der Waals surface area contributed by atoms with Crippen molar-refractivity contribution in [3.8, 4) is 0 Å². The van der Waals surface area contributed by atoms with Crippen LogP contribution in [0.1, 0.15) is 84.5 Å². The Morgan fingerprint density at radius 1 is 0.912 bits per heavy atom. The minimum atomic E-state index is -4.56. The molecule has 0 fully saturated rings. The molecule has 0 amide bonds. The van der Waals surface area contributed by atoms with E-state index in [1.54, 1.807) is 0 Å². The Balaban J connectivity index is 4.15. The van der Waals surface area contributed by atoms with Gasteiger partial charge in [0.05, 0.1) is 19.8 Å². The first-order chi connectivity index (χ1) is 16.2. The van der Waals surface area contributed by atoms with Crippen LogP contribution in [0, 0.1) is 0 Å². The lowest BCUT2D eigenvalue weighted by Crippen LogP contribution is -2.29. The number of phosphoric ester groups is 1. The molecular formula is C23H43O10P. The summed E-state index contributed by atoms with van der Waals surface area (Å²) in [6.07, 6.45) is 13.0. The molecule has 0 spiro atoms. The maximum Gasteiger partial charge on any atom is 0.472 e. The van der Waals surface area contributed by atoms with Crippen molar-refractivity contribution in [1.29, 1.82) is 0 Å². The fraction of sp³-hybridized carbons (Fsp3) is 0.826. The van der Waals surface area contributed by atoms with Gasteiger partial charge in [0.15, 0.2) is 6.10 Å². The van der Waals surface area contributed by atoms with Crippen LogP contribution in [0.5, 0.6) is 0 Å². The number of hydrogen-bond acceptors (Lipinski definition) is 9. The second-order valence-electron chi connectivity index (χ2n) is 8.08. The van der Waals surface area contributed by atoms with Gasteiger partial charge in [0.25, 0.3) is 0 Å². The van der Waals surface area contributed by atoms with E-state index < -0.39 is 51.8 Å². The van der Waals surface area contributed by atoms with Gasteiger partial charge < -0.3 is 24.6 Å². The number of carbonyl (C=O) groups excluding carboxylic acids is 2. The van der Waals surface area contributed by atoms with Crippen LogP contribution in [0.2, 0.25) is 0 Å². The number of unbranched alkanes of at least 4 members (excludes halogenated alkanes) is 8. The van der Waals surface area contributed by atoms with E-state index in [2.05, 4.69) is 23.6 Å². The number of esters is 2. The van der Waals surface area contributed by atoms with E-state index in [1.807, 2.05) is 0 Å². The second kappa shape index (κ2) is 21.0. The number of hydrogen-bond donors (Lipinski definition) is 3. The van der Waals surface area contributed by atoms with Gasteiger partial charge >= 0.3 is 19.8 Å². The Kier molecular flexibility index (Phi) is 20.2. The lowest BCUT2D eigenvalue weighted by atomic mass is 10.1. The fourth-order valence-electron chi connectivity index (χ4n) is 2.83. The first-order valence-electron chi connectivity index (χ1n) is 12.1. The summed E-state index contributed by atoms with van der Waals surface area (Å²) in [6, 6.07) is 0. The minimum absolute atomic E-state index is 0.171. The lowest BCUT2D eigenvalue weighted by Gasteiger charge is -2.20. The van der Waals surface area contributed by atoms with E-state index in [0.29, 0.717) is 6.42 Å². The zero-order valence-electron chi connectivity index (χ0n) is 20.6. The van der Waals surface area contributed by atoms with Crippen LogP contribution < -0.4 is 0 Å². The summed E-state index contributed by atoms with van der Waals surface area (Å²) < 4.78 is 31.2. The molecule has 0 saturated carbocycles. The van der Waals surface area contributed by atoms with E-state index in [-0.39, 0.29) is 13.0 Å². The highest BCUT2D eigenvalue weighted by molar-refractivity contribution is 7.47. The van der Waals surface area contributed by atoms with E-state index in [0.717, 1.165) is 38.5 Å². The number of aliphatic hydroxyl groups excluding tert-OH is 2. The van der Waals surface area contributed by atoms with Crippen LogP contribution in [0.3, 0.4) is 0 Å². The van der Waals surface area contributed by atoms with Gasteiger partial charge in [0, 0.05) is 13.3 Å². The molecule has 0 saturated heterocycles.